The van der Waals surface area contributed by atoms with Gasteiger partial charge in [-0.15, -0.1) is 5.10 Å². The molecule has 0 radical (unpaired) electrons. The number of nitriles is 1. The van der Waals surface area contributed by atoms with Crippen molar-refractivity contribution >= 4 is 0 Å². The van der Waals surface area contributed by atoms with Crippen molar-refractivity contribution in [1.82, 2.24) is 10.2 Å². The Kier molecular flexibility index (Phi) is 3.33. The van der Waals surface area contributed by atoms with E-state index in [1.54, 1.807) is 12.1 Å². The van der Waals surface area contributed by atoms with Gasteiger partial charge in [-0.05, 0) is 23.6 Å². The van der Waals surface area contributed by atoms with Crippen LogP contribution in [-0.2, 0) is 0 Å². The molecule has 1 aromatic carbocycles. The van der Waals surface area contributed by atoms with Crippen molar-refractivity contribution in [3.63, 3.8) is 0 Å². The second kappa shape index (κ2) is 5.19. The zero-order chi connectivity index (χ0) is 15.9. The van der Waals surface area contributed by atoms with Gasteiger partial charge < -0.3 is 10.5 Å². The Labute approximate surface area is 127 Å². The third-order valence-corrected chi connectivity index (χ3v) is 3.75. The standard InChI is InChI=1S/C16H15FN4O/c1-8(2)14-13-12(9-3-5-10(17)6-4-9)11(7-18)15(19)22-16(13)21-20-14/h3-6,8,12H,19H2,1-2H3,(H,20,21)/t12-/m0/s1. The minimum absolute atomic E-state index is 0.0335. The van der Waals surface area contributed by atoms with Crippen LogP contribution in [0.2, 0.25) is 0 Å². The number of benzene rings is 1. The van der Waals surface area contributed by atoms with E-state index in [0.29, 0.717) is 11.5 Å². The molecule has 0 spiro atoms. The van der Waals surface area contributed by atoms with Crippen LogP contribution in [0.15, 0.2) is 35.7 Å². The number of fused-ring (bicyclic) bond motifs is 1. The number of ether oxygens (including phenoxy) is 1. The molecule has 0 aliphatic carbocycles. The molecule has 2 aromatic rings. The smallest absolute Gasteiger partial charge is 0.244 e. The van der Waals surface area contributed by atoms with E-state index < -0.39 is 5.92 Å². The lowest BCUT2D eigenvalue weighted by Crippen LogP contribution is -2.21. The van der Waals surface area contributed by atoms with Gasteiger partial charge >= 0.3 is 0 Å². The van der Waals surface area contributed by atoms with Crippen LogP contribution in [0.4, 0.5) is 4.39 Å². The molecule has 1 aliphatic rings. The van der Waals surface area contributed by atoms with E-state index in [1.165, 1.54) is 12.1 Å². The Balaban J connectivity index is 2.23. The fourth-order valence-electron chi connectivity index (χ4n) is 2.70. The van der Waals surface area contributed by atoms with Crippen LogP contribution in [0.3, 0.4) is 0 Å². The maximum absolute atomic E-state index is 13.2. The molecule has 0 unspecified atom stereocenters. The second-order valence-electron chi connectivity index (χ2n) is 5.49. The summed E-state index contributed by atoms with van der Waals surface area (Å²) < 4.78 is 18.7. The monoisotopic (exact) mass is 298 g/mol. The molecule has 6 heteroatoms. The van der Waals surface area contributed by atoms with Crippen LogP contribution in [0.1, 0.15) is 42.5 Å². The van der Waals surface area contributed by atoms with Gasteiger partial charge in [0, 0.05) is 5.69 Å². The number of nitrogens with two attached hydrogens (primary N) is 1. The quantitative estimate of drug-likeness (QED) is 0.892. The van der Waals surface area contributed by atoms with Crippen LogP contribution in [0.25, 0.3) is 0 Å². The van der Waals surface area contributed by atoms with E-state index in [4.69, 9.17) is 10.5 Å². The van der Waals surface area contributed by atoms with Gasteiger partial charge in [0.25, 0.3) is 0 Å². The van der Waals surface area contributed by atoms with Crippen LogP contribution in [0, 0.1) is 17.1 Å². The van der Waals surface area contributed by atoms with Gasteiger partial charge in [0.05, 0.1) is 11.5 Å². The van der Waals surface area contributed by atoms with Gasteiger partial charge in [-0.1, -0.05) is 26.0 Å². The molecule has 2 heterocycles. The molecule has 0 saturated carbocycles. The molecule has 1 aromatic heterocycles. The summed E-state index contributed by atoms with van der Waals surface area (Å²) in [5, 5.41) is 16.6. The van der Waals surface area contributed by atoms with Gasteiger partial charge in [-0.2, -0.15) is 5.26 Å². The summed E-state index contributed by atoms with van der Waals surface area (Å²) in [5.41, 5.74) is 8.60. The number of hydrogen-bond donors (Lipinski definition) is 2. The minimum Gasteiger partial charge on any atom is -0.420 e. The summed E-state index contributed by atoms with van der Waals surface area (Å²) >= 11 is 0. The Bertz CT molecular complexity index is 783. The highest BCUT2D eigenvalue weighted by atomic mass is 19.1. The highest BCUT2D eigenvalue weighted by molar-refractivity contribution is 5.55. The first-order chi connectivity index (χ1) is 10.5. The molecular formula is C16H15FN4O. The van der Waals surface area contributed by atoms with Gasteiger partial charge in [-0.3, -0.25) is 5.10 Å². The topological polar surface area (TPSA) is 87.7 Å². The summed E-state index contributed by atoms with van der Waals surface area (Å²) in [7, 11) is 0. The van der Waals surface area contributed by atoms with Crippen LogP contribution in [0.5, 0.6) is 5.88 Å². The normalized spacial score (nSPS) is 17.1. The molecule has 3 rings (SSSR count). The Morgan fingerprint density at radius 3 is 2.64 bits per heavy atom. The van der Waals surface area contributed by atoms with Crippen LogP contribution < -0.4 is 10.5 Å². The second-order valence-corrected chi connectivity index (χ2v) is 5.49. The number of rotatable bonds is 2. The largest absolute Gasteiger partial charge is 0.420 e. The van der Waals surface area contributed by atoms with Crippen molar-refractivity contribution in [3.05, 3.63) is 58.4 Å². The predicted molar refractivity (Wildman–Crippen MR) is 78.4 cm³/mol. The summed E-state index contributed by atoms with van der Waals surface area (Å²) in [4.78, 5) is 0. The van der Waals surface area contributed by atoms with E-state index in [1.807, 2.05) is 13.8 Å². The van der Waals surface area contributed by atoms with E-state index >= 15 is 0 Å². The summed E-state index contributed by atoms with van der Waals surface area (Å²) in [6.07, 6.45) is 0. The van der Waals surface area contributed by atoms with Crippen LogP contribution >= 0.6 is 0 Å². The lowest BCUT2D eigenvalue weighted by molar-refractivity contribution is 0.378. The fourth-order valence-corrected chi connectivity index (χ4v) is 2.70. The summed E-state index contributed by atoms with van der Waals surface area (Å²) in [5.74, 6) is -0.170. The maximum atomic E-state index is 13.2. The van der Waals surface area contributed by atoms with E-state index in [2.05, 4.69) is 16.3 Å². The van der Waals surface area contributed by atoms with Crippen molar-refractivity contribution < 1.29 is 9.13 Å². The summed E-state index contributed by atoms with van der Waals surface area (Å²) in [6.45, 7) is 4.03. The van der Waals surface area contributed by atoms with Crippen molar-refractivity contribution in [2.24, 2.45) is 5.73 Å². The molecule has 112 valence electrons. The Hall–Kier alpha value is -2.81. The number of H-pyrrole nitrogens is 1. The van der Waals surface area contributed by atoms with Gasteiger partial charge in [0.2, 0.25) is 11.8 Å². The fraction of sp³-hybridized carbons (Fsp3) is 0.250. The zero-order valence-electron chi connectivity index (χ0n) is 12.2. The number of halogens is 1. The molecule has 0 fully saturated rings. The molecule has 0 bridgehead atoms. The first-order valence-electron chi connectivity index (χ1n) is 6.94. The van der Waals surface area contributed by atoms with E-state index in [0.717, 1.165) is 16.8 Å². The van der Waals surface area contributed by atoms with Gasteiger partial charge in [0.15, 0.2) is 0 Å². The lowest BCUT2D eigenvalue weighted by Gasteiger charge is -2.24. The highest BCUT2D eigenvalue weighted by Gasteiger charge is 2.35. The molecule has 0 saturated heterocycles. The lowest BCUT2D eigenvalue weighted by atomic mass is 9.82. The molecular weight excluding hydrogens is 283 g/mol. The highest BCUT2D eigenvalue weighted by Crippen LogP contribution is 2.44. The molecule has 1 atom stereocenters. The van der Waals surface area contributed by atoms with Crippen molar-refractivity contribution in [3.8, 4) is 11.9 Å². The molecule has 3 N–H and O–H groups in total. The van der Waals surface area contributed by atoms with Crippen molar-refractivity contribution in [2.75, 3.05) is 0 Å². The van der Waals surface area contributed by atoms with Crippen LogP contribution in [-0.4, -0.2) is 10.2 Å². The third-order valence-electron chi connectivity index (χ3n) is 3.75. The first-order valence-corrected chi connectivity index (χ1v) is 6.94. The number of nitrogens with zero attached hydrogens (tertiary/aromatic N) is 2. The number of nitrogens with one attached hydrogen (secondary N) is 1. The number of aromatic nitrogens is 2. The van der Waals surface area contributed by atoms with E-state index in [9.17, 15) is 9.65 Å². The predicted octanol–water partition coefficient (Wildman–Crippen LogP) is 2.89. The molecule has 5 nitrogen and oxygen atoms in total. The number of allylic oxidation sites excluding steroid dienone is 1. The third kappa shape index (κ3) is 2.11. The molecule has 1 aliphatic heterocycles. The van der Waals surface area contributed by atoms with E-state index in [-0.39, 0.29) is 17.6 Å². The molecule has 22 heavy (non-hydrogen) atoms. The van der Waals surface area contributed by atoms with Gasteiger partial charge in [-0.25, -0.2) is 4.39 Å². The summed E-state index contributed by atoms with van der Waals surface area (Å²) in [6, 6.07) is 8.14. The first kappa shape index (κ1) is 14.1. The zero-order valence-corrected chi connectivity index (χ0v) is 12.2. The Morgan fingerprint density at radius 1 is 1.36 bits per heavy atom. The number of aromatic amines is 1. The van der Waals surface area contributed by atoms with Crippen molar-refractivity contribution in [1.29, 1.82) is 5.26 Å². The van der Waals surface area contributed by atoms with Gasteiger partial charge in [0.1, 0.15) is 17.5 Å². The number of hydrogen-bond acceptors (Lipinski definition) is 4. The Morgan fingerprint density at radius 2 is 2.05 bits per heavy atom. The SMILES string of the molecule is CC(C)c1[nH]nc2c1[C@@H](c1ccc(F)cc1)C(C#N)=C(N)O2. The maximum Gasteiger partial charge on any atom is 0.244 e. The molecule has 0 amide bonds. The minimum atomic E-state index is -0.412. The van der Waals surface area contributed by atoms with Crippen molar-refractivity contribution in [2.45, 2.75) is 25.7 Å². The average Bonchev–Trinajstić information content (AvgIpc) is 2.90. The average molecular weight is 298 g/mol.